The van der Waals surface area contributed by atoms with E-state index in [1.165, 1.54) is 0 Å². The monoisotopic (exact) mass is 296 g/mol. The van der Waals surface area contributed by atoms with E-state index in [-0.39, 0.29) is 15.4 Å². The van der Waals surface area contributed by atoms with Crippen LogP contribution in [-0.2, 0) is 22.8 Å². The highest BCUT2D eigenvalue weighted by Gasteiger charge is 2.36. The Balaban J connectivity index is 3.87. The van der Waals surface area contributed by atoms with Crippen molar-refractivity contribution in [2.45, 2.75) is 38.3 Å². The normalized spacial score (nSPS) is 13.0. The average molecular weight is 297 g/mol. The van der Waals surface area contributed by atoms with Gasteiger partial charge in [-0.05, 0) is 13.8 Å². The predicted molar refractivity (Wildman–Crippen MR) is 76.6 cm³/mol. The zero-order valence-corrected chi connectivity index (χ0v) is 14.8. The Morgan fingerprint density at radius 2 is 1.44 bits per heavy atom. The van der Waals surface area contributed by atoms with E-state index in [9.17, 15) is 0 Å². The van der Waals surface area contributed by atoms with Crippen LogP contribution in [0.1, 0.15) is 20.3 Å². The van der Waals surface area contributed by atoms with Gasteiger partial charge >= 0.3 is 8.80 Å². The lowest BCUT2D eigenvalue weighted by atomic mass is 10.6. The fourth-order valence-electron chi connectivity index (χ4n) is 1.80. The molecular weight excluding hydrogens is 268 g/mol. The molecule has 0 aliphatic rings. The lowest BCUT2D eigenvalue weighted by Crippen LogP contribution is -2.42. The van der Waals surface area contributed by atoms with Crippen molar-refractivity contribution >= 4 is 18.3 Å². The van der Waals surface area contributed by atoms with E-state index in [4.69, 9.17) is 22.8 Å². The van der Waals surface area contributed by atoms with Crippen molar-refractivity contribution < 1.29 is 22.8 Å². The summed E-state index contributed by atoms with van der Waals surface area (Å²) in [5.41, 5.74) is 0. The Hall–Kier alpha value is 0.234. The summed E-state index contributed by atoms with van der Waals surface area (Å²) in [7, 11) is 2.19. The lowest BCUT2D eigenvalue weighted by molar-refractivity contribution is -0.0827. The van der Waals surface area contributed by atoms with Gasteiger partial charge in [-0.15, -0.1) is 0 Å². The fraction of sp³-hybridized carbons (Fsp3) is 1.00. The van der Waals surface area contributed by atoms with E-state index in [1.807, 2.05) is 13.8 Å². The van der Waals surface area contributed by atoms with Gasteiger partial charge < -0.3 is 22.8 Å². The van der Waals surface area contributed by atoms with Crippen LogP contribution in [0.25, 0.3) is 0 Å². The minimum absolute atomic E-state index is 0.0451. The molecule has 110 valence electrons. The van der Waals surface area contributed by atoms with Crippen LogP contribution in [0.15, 0.2) is 0 Å². The van der Waals surface area contributed by atoms with Gasteiger partial charge in [0.1, 0.15) is 5.91 Å². The molecule has 0 saturated heterocycles. The molecule has 0 unspecified atom stereocenters. The molecule has 0 aliphatic heterocycles. The van der Waals surface area contributed by atoms with Gasteiger partial charge in [0.15, 0.2) is 0 Å². The van der Waals surface area contributed by atoms with Crippen molar-refractivity contribution in [2.75, 3.05) is 34.5 Å². The first kappa shape index (κ1) is 18.2. The molecule has 0 radical (unpaired) electrons. The van der Waals surface area contributed by atoms with E-state index < -0.39 is 8.80 Å². The van der Waals surface area contributed by atoms with Crippen LogP contribution in [0.3, 0.4) is 0 Å². The smallest absolute Gasteiger partial charge is 0.377 e. The van der Waals surface area contributed by atoms with Gasteiger partial charge in [-0.25, -0.2) is 0 Å². The SMILES string of the molecule is CCOC(OCC)[SiH2]CCC[Si](OC)(OC)OC. The number of rotatable bonds is 12. The maximum Gasteiger partial charge on any atom is 0.500 e. The minimum Gasteiger partial charge on any atom is -0.377 e. The Morgan fingerprint density at radius 1 is 0.944 bits per heavy atom. The summed E-state index contributed by atoms with van der Waals surface area (Å²) in [6.07, 6.45) is 1.05. The van der Waals surface area contributed by atoms with Crippen LogP contribution >= 0.6 is 0 Å². The molecule has 7 heteroatoms. The van der Waals surface area contributed by atoms with Crippen LogP contribution in [0, 0.1) is 0 Å². The van der Waals surface area contributed by atoms with E-state index >= 15 is 0 Å². The molecule has 0 aromatic carbocycles. The standard InChI is InChI=1S/C11H28O5Si2/c1-6-15-11(16-7-2)17-9-8-10-18(12-3,13-4)14-5/h11H,6-10,17H2,1-5H3. The van der Waals surface area contributed by atoms with Crippen LogP contribution in [0.5, 0.6) is 0 Å². The maximum absolute atomic E-state index is 5.55. The molecule has 0 heterocycles. The summed E-state index contributed by atoms with van der Waals surface area (Å²) < 4.78 is 27.3. The van der Waals surface area contributed by atoms with Gasteiger partial charge in [0.05, 0.1) is 9.52 Å². The quantitative estimate of drug-likeness (QED) is 0.308. The summed E-state index contributed by atoms with van der Waals surface area (Å²) in [5.74, 6) is 0.0451. The summed E-state index contributed by atoms with van der Waals surface area (Å²) in [5, 5.41) is 0. The number of hydrogen-bond donors (Lipinski definition) is 0. The Bertz CT molecular complexity index is 176. The second kappa shape index (κ2) is 11.1. The Labute approximate surface area is 114 Å². The molecular formula is C11H28O5Si2. The first-order valence-electron chi connectivity index (χ1n) is 6.56. The molecule has 0 aliphatic carbocycles. The topological polar surface area (TPSA) is 46.2 Å². The summed E-state index contributed by atoms with van der Waals surface area (Å²) >= 11 is 0. The molecule has 0 fully saturated rings. The zero-order valence-electron chi connectivity index (χ0n) is 12.4. The highest BCUT2D eigenvalue weighted by Crippen LogP contribution is 2.16. The van der Waals surface area contributed by atoms with Crippen molar-refractivity contribution in [1.29, 1.82) is 0 Å². The highest BCUT2D eigenvalue weighted by atomic mass is 28.4. The molecule has 0 aromatic heterocycles. The van der Waals surface area contributed by atoms with Gasteiger partial charge in [-0.2, -0.15) is 0 Å². The van der Waals surface area contributed by atoms with Crippen LogP contribution in [0.4, 0.5) is 0 Å². The molecule has 0 amide bonds. The van der Waals surface area contributed by atoms with E-state index in [2.05, 4.69) is 0 Å². The minimum atomic E-state index is -2.39. The van der Waals surface area contributed by atoms with Crippen LogP contribution in [0.2, 0.25) is 12.1 Å². The van der Waals surface area contributed by atoms with E-state index in [0.717, 1.165) is 18.5 Å². The molecule has 5 nitrogen and oxygen atoms in total. The van der Waals surface area contributed by atoms with Gasteiger partial charge in [0.25, 0.3) is 0 Å². The second-order valence-electron chi connectivity index (χ2n) is 3.88. The number of hydrogen-bond acceptors (Lipinski definition) is 5. The predicted octanol–water partition coefficient (Wildman–Crippen LogP) is 1.20. The van der Waals surface area contributed by atoms with Gasteiger partial charge in [0, 0.05) is 40.6 Å². The lowest BCUT2D eigenvalue weighted by Gasteiger charge is -2.24. The third-order valence-corrected chi connectivity index (χ3v) is 7.49. The van der Waals surface area contributed by atoms with Gasteiger partial charge in [0.2, 0.25) is 0 Å². The summed E-state index contributed by atoms with van der Waals surface area (Å²) in [6.45, 7) is 5.42. The van der Waals surface area contributed by atoms with Gasteiger partial charge in [-0.3, -0.25) is 0 Å². The molecule has 0 bridgehead atoms. The van der Waals surface area contributed by atoms with E-state index in [0.29, 0.717) is 13.2 Å². The largest absolute Gasteiger partial charge is 0.500 e. The molecule has 0 N–H and O–H groups in total. The summed E-state index contributed by atoms with van der Waals surface area (Å²) in [6, 6.07) is 2.00. The molecule has 0 saturated carbocycles. The third-order valence-electron chi connectivity index (χ3n) is 2.81. The Kier molecular flexibility index (Phi) is 11.2. The van der Waals surface area contributed by atoms with Crippen molar-refractivity contribution in [3.05, 3.63) is 0 Å². The average Bonchev–Trinajstić information content (AvgIpc) is 2.40. The molecule has 18 heavy (non-hydrogen) atoms. The van der Waals surface area contributed by atoms with E-state index in [1.54, 1.807) is 21.3 Å². The van der Waals surface area contributed by atoms with Gasteiger partial charge in [-0.1, -0.05) is 12.5 Å². The second-order valence-corrected chi connectivity index (χ2v) is 8.92. The molecule has 0 rings (SSSR count). The van der Waals surface area contributed by atoms with Crippen LogP contribution < -0.4 is 0 Å². The number of ether oxygens (including phenoxy) is 2. The fourth-order valence-corrected chi connectivity index (χ4v) is 5.77. The molecule has 0 aromatic rings. The molecule has 0 spiro atoms. The maximum atomic E-state index is 5.55. The summed E-state index contributed by atoms with van der Waals surface area (Å²) in [4.78, 5) is 0. The first-order chi connectivity index (χ1) is 8.67. The highest BCUT2D eigenvalue weighted by molar-refractivity contribution is 6.60. The van der Waals surface area contributed by atoms with Crippen LogP contribution in [-0.4, -0.2) is 58.8 Å². The Morgan fingerprint density at radius 3 is 1.83 bits per heavy atom. The zero-order chi connectivity index (χ0) is 13.9. The third kappa shape index (κ3) is 6.98. The van der Waals surface area contributed by atoms with Crippen molar-refractivity contribution in [3.63, 3.8) is 0 Å². The first-order valence-corrected chi connectivity index (χ1v) is 10.3. The molecule has 0 atom stereocenters. The van der Waals surface area contributed by atoms with Crippen molar-refractivity contribution in [2.24, 2.45) is 0 Å². The van der Waals surface area contributed by atoms with Crippen molar-refractivity contribution in [3.8, 4) is 0 Å². The van der Waals surface area contributed by atoms with Crippen molar-refractivity contribution in [1.82, 2.24) is 0 Å².